The van der Waals surface area contributed by atoms with E-state index in [1.54, 1.807) is 0 Å². The van der Waals surface area contributed by atoms with Gasteiger partial charge in [-0.25, -0.2) is 3.53 Å². The highest BCUT2D eigenvalue weighted by molar-refractivity contribution is 14.1. The molecule has 0 radical (unpaired) electrons. The minimum atomic E-state index is -1.44. The molecule has 3 rings (SSSR count). The van der Waals surface area contributed by atoms with Gasteiger partial charge in [0.2, 0.25) is 53.2 Å². The van der Waals surface area contributed by atoms with Crippen molar-refractivity contribution in [3.8, 4) is 0 Å². The van der Waals surface area contributed by atoms with Gasteiger partial charge in [0.15, 0.2) is 18.9 Å². The van der Waals surface area contributed by atoms with E-state index in [4.69, 9.17) is 42.6 Å². The summed E-state index contributed by atoms with van der Waals surface area (Å²) in [6, 6.07) is -3.22. The maximum atomic E-state index is 12.7. The Kier molecular flexibility index (Phi) is 45.1. The molecule has 3 aliphatic rings. The smallest absolute Gasteiger partial charge is 0.222 e. The predicted octanol–water partition coefficient (Wildman–Crippen LogP) is -6.86. The molecule has 19 N–H and O–H groups in total. The van der Waals surface area contributed by atoms with Crippen LogP contribution in [0.4, 0.5) is 0 Å². The Morgan fingerprint density at radius 3 is 0.818 bits per heavy atom. The highest BCUT2D eigenvalue weighted by Gasteiger charge is 2.48. The number of hydrogen-bond acceptors (Lipinski definition) is 28. The third-order valence-electron chi connectivity index (χ3n) is 15.7. The standard InChI is InChI=1S/C61H109IN10O27/c1-37(76)69-49-55(88)52(85)40(31-73)97-58(49)94-25-7-4-13-43(79)63-19-10-22-66-46(82)16-28-91-34-61(72-62,35-92-29-17-47(83)67-23-11-20-64-44(80)14-5-8-26-95-59-50(70-38(2)77)56(89)53(86)41(32-74)98-59)36-93-30-18-48(84)68-24-12-21-65-45(81)15-6-9-27-96-60-51(71-39(3)78)57(90)54(87)42(33-75)99-60/h40-42,49-60,72-75,85-90H,4-36H2,1-3H3,(H,63,79)(H,64,80)(H,65,81)(H,66,82)(H,67,83)(H,68,84)(H,69,76)(H,70,77)(H,71,78). The summed E-state index contributed by atoms with van der Waals surface area (Å²) in [5.74, 6) is -3.02. The van der Waals surface area contributed by atoms with Crippen LogP contribution in [0.25, 0.3) is 0 Å². The molecule has 9 amide bonds. The number of hydrogen-bond donors (Lipinski definition) is 19. The van der Waals surface area contributed by atoms with Gasteiger partial charge < -0.3 is 136 Å². The van der Waals surface area contributed by atoms with Gasteiger partial charge in [-0.3, -0.25) is 43.2 Å². The molecular formula is C61H109IN10O27. The van der Waals surface area contributed by atoms with Crippen LogP contribution in [0.5, 0.6) is 0 Å². The van der Waals surface area contributed by atoms with Crippen molar-refractivity contribution in [3.05, 3.63) is 0 Å². The van der Waals surface area contributed by atoms with Crippen molar-refractivity contribution in [1.82, 2.24) is 51.4 Å². The summed E-state index contributed by atoms with van der Waals surface area (Å²) < 4.78 is 54.6. The zero-order valence-electron chi connectivity index (χ0n) is 56.7. The van der Waals surface area contributed by atoms with Gasteiger partial charge in [0, 0.05) is 141 Å². The first kappa shape index (κ1) is 88.4. The fourth-order valence-electron chi connectivity index (χ4n) is 10.3. The summed E-state index contributed by atoms with van der Waals surface area (Å²) in [5, 5.41) is 115. The Balaban J connectivity index is 1.36. The zero-order chi connectivity index (χ0) is 73.1. The maximum absolute atomic E-state index is 12.7. The van der Waals surface area contributed by atoms with Crippen molar-refractivity contribution in [1.29, 1.82) is 0 Å². The zero-order valence-corrected chi connectivity index (χ0v) is 58.9. The van der Waals surface area contributed by atoms with E-state index in [-0.39, 0.29) is 173 Å². The van der Waals surface area contributed by atoms with Gasteiger partial charge in [0.1, 0.15) is 73.1 Å². The molecule has 0 aromatic heterocycles. The minimum absolute atomic E-state index is 0.00373. The number of rotatable bonds is 52. The van der Waals surface area contributed by atoms with Crippen molar-refractivity contribution in [2.75, 3.05) is 119 Å². The van der Waals surface area contributed by atoms with Gasteiger partial charge in [0.05, 0.1) is 65.0 Å². The lowest BCUT2D eigenvalue weighted by atomic mass is 9.97. The highest BCUT2D eigenvalue weighted by atomic mass is 127. The van der Waals surface area contributed by atoms with Crippen LogP contribution in [0.3, 0.4) is 0 Å². The first-order valence-electron chi connectivity index (χ1n) is 33.6. The third-order valence-corrected chi connectivity index (χ3v) is 16.9. The van der Waals surface area contributed by atoms with Gasteiger partial charge in [0.25, 0.3) is 0 Å². The molecule has 0 spiro atoms. The van der Waals surface area contributed by atoms with Crippen LogP contribution in [-0.4, -0.2) is 315 Å². The second kappa shape index (κ2) is 50.5. The van der Waals surface area contributed by atoms with Gasteiger partial charge in [-0.2, -0.15) is 0 Å². The second-order valence-corrected chi connectivity index (χ2v) is 24.8. The number of ether oxygens (including phenoxy) is 9. The van der Waals surface area contributed by atoms with Crippen LogP contribution in [0.15, 0.2) is 0 Å². The quantitative estimate of drug-likeness (QED) is 0.0153. The highest BCUT2D eigenvalue weighted by Crippen LogP contribution is 2.26. The topological polar surface area (TPSA) is 539 Å². The Morgan fingerprint density at radius 2 is 0.596 bits per heavy atom. The summed E-state index contributed by atoms with van der Waals surface area (Å²) in [7, 11) is 0. The van der Waals surface area contributed by atoms with Crippen LogP contribution >= 0.6 is 22.9 Å². The van der Waals surface area contributed by atoms with E-state index < -0.39 is 135 Å². The minimum Gasteiger partial charge on any atom is -0.394 e. The Bertz CT molecular complexity index is 2140. The second-order valence-electron chi connectivity index (χ2n) is 24.2. The first-order valence-corrected chi connectivity index (χ1v) is 34.7. The molecule has 3 saturated heterocycles. The largest absolute Gasteiger partial charge is 0.394 e. The van der Waals surface area contributed by atoms with Crippen LogP contribution in [0.1, 0.15) is 117 Å². The van der Waals surface area contributed by atoms with Crippen molar-refractivity contribution >= 4 is 76.0 Å². The molecular weight excluding hydrogens is 1430 g/mol. The van der Waals surface area contributed by atoms with Gasteiger partial charge in [-0.15, -0.1) is 0 Å². The van der Waals surface area contributed by atoms with Crippen LogP contribution in [-0.2, 0) is 85.8 Å². The predicted molar refractivity (Wildman–Crippen MR) is 354 cm³/mol. The van der Waals surface area contributed by atoms with Crippen molar-refractivity contribution < 1.29 is 132 Å². The van der Waals surface area contributed by atoms with Gasteiger partial charge in [-0.1, -0.05) is 0 Å². The molecule has 0 aromatic carbocycles. The summed E-state index contributed by atoms with van der Waals surface area (Å²) in [4.78, 5) is 111. The number of aliphatic hydroxyl groups is 9. The summed E-state index contributed by atoms with van der Waals surface area (Å²) >= 11 is 1.92. The lowest BCUT2D eigenvalue weighted by Crippen LogP contribution is -2.64. The van der Waals surface area contributed by atoms with E-state index in [1.165, 1.54) is 20.8 Å². The number of amides is 9. The lowest BCUT2D eigenvalue weighted by molar-refractivity contribution is -0.270. The summed E-state index contributed by atoms with van der Waals surface area (Å²) in [6.07, 6.45) is -11.0. The molecule has 15 unspecified atom stereocenters. The lowest BCUT2D eigenvalue weighted by Gasteiger charge is -2.42. The molecule has 0 saturated carbocycles. The average Bonchev–Trinajstić information content (AvgIpc) is 0.838. The molecule has 15 atom stereocenters. The fraction of sp³-hybridized carbons (Fsp3) is 0.852. The fourth-order valence-corrected chi connectivity index (χ4v) is 10.7. The monoisotopic (exact) mass is 1540 g/mol. The van der Waals surface area contributed by atoms with Crippen molar-refractivity contribution in [3.63, 3.8) is 0 Å². The Morgan fingerprint density at radius 1 is 0.354 bits per heavy atom. The van der Waals surface area contributed by atoms with E-state index in [2.05, 4.69) is 51.4 Å². The normalized spacial score (nSPS) is 25.8. The number of aliphatic hydroxyl groups excluding tert-OH is 9. The first-order chi connectivity index (χ1) is 47.4. The molecule has 0 aromatic rings. The van der Waals surface area contributed by atoms with Crippen LogP contribution < -0.4 is 51.4 Å². The van der Waals surface area contributed by atoms with Crippen LogP contribution in [0.2, 0.25) is 0 Å². The number of carbonyl (C=O) groups is 9. The summed E-state index contributed by atoms with van der Waals surface area (Å²) in [6.45, 7) is 3.90. The molecule has 3 heterocycles. The molecule has 37 nitrogen and oxygen atoms in total. The number of carbonyl (C=O) groups excluding carboxylic acids is 9. The SMILES string of the molecule is CC(=O)NC1C(OCCCCC(=O)NCCCNC(=O)CCOCC(COCCC(=O)NCCCNC(=O)CCCCOC2OC(CO)C(O)C(O)C2NC(C)=O)(COCCC(=O)NCCCNC(=O)CCCCOC2OC(CO)C(O)C(O)C2NC(C)=O)NI)OC(CO)C(O)C1O. The third kappa shape index (κ3) is 35.3. The average molecular weight is 1540 g/mol. The molecule has 0 bridgehead atoms. The van der Waals surface area contributed by atoms with E-state index >= 15 is 0 Å². The van der Waals surface area contributed by atoms with E-state index in [0.717, 1.165) is 0 Å². The van der Waals surface area contributed by atoms with Gasteiger partial charge >= 0.3 is 0 Å². The number of nitrogens with one attached hydrogen (secondary N) is 10. The molecule has 0 aliphatic carbocycles. The molecule has 572 valence electrons. The maximum Gasteiger partial charge on any atom is 0.222 e. The van der Waals surface area contributed by atoms with Crippen molar-refractivity contribution in [2.24, 2.45) is 0 Å². The Hall–Kier alpha value is -4.80. The van der Waals surface area contributed by atoms with E-state index in [1.807, 2.05) is 22.9 Å². The van der Waals surface area contributed by atoms with E-state index in [9.17, 15) is 89.1 Å². The molecule has 3 aliphatic heterocycles. The summed E-state index contributed by atoms with van der Waals surface area (Å²) in [5.41, 5.74) is -1.01. The number of halogens is 1. The Labute approximate surface area is 589 Å². The molecule has 99 heavy (non-hydrogen) atoms. The number of unbranched alkanes of at least 4 members (excludes halogenated alkanes) is 3. The van der Waals surface area contributed by atoms with Crippen LogP contribution in [0, 0.1) is 0 Å². The van der Waals surface area contributed by atoms with Crippen molar-refractivity contribution in [2.45, 2.75) is 215 Å². The van der Waals surface area contributed by atoms with E-state index in [0.29, 0.717) is 57.8 Å². The molecule has 38 heteroatoms. The van der Waals surface area contributed by atoms with Gasteiger partial charge in [-0.05, 0) is 57.8 Å². The molecule has 3 fully saturated rings.